The highest BCUT2D eigenvalue weighted by atomic mass is 16.3. The molecule has 0 aromatic carbocycles. The molecule has 54 valence electrons. The van der Waals surface area contributed by atoms with Crippen LogP contribution in [-0.2, 0) is 0 Å². The van der Waals surface area contributed by atoms with E-state index in [1.165, 1.54) is 0 Å². The zero-order chi connectivity index (χ0) is 7.28. The molecule has 9 heavy (non-hydrogen) atoms. The van der Waals surface area contributed by atoms with Crippen molar-refractivity contribution in [2.75, 3.05) is 13.2 Å². The zero-order valence-electron chi connectivity index (χ0n) is 4.99. The van der Waals surface area contributed by atoms with E-state index < -0.39 is 6.10 Å². The predicted octanol–water partition coefficient (Wildman–Crippen LogP) is -2.39. The molecule has 0 spiro atoms. The second kappa shape index (κ2) is 4.11. The first-order chi connectivity index (χ1) is 4.16. The molecule has 0 aliphatic carbocycles. The monoisotopic (exact) mass is 133 g/mol. The zero-order valence-corrected chi connectivity index (χ0v) is 4.99. The Morgan fingerprint density at radius 3 is 2.44 bits per heavy atom. The molecule has 0 rings (SSSR count). The number of hydrogen-bond donors (Lipinski definition) is 4. The van der Waals surface area contributed by atoms with Gasteiger partial charge in [-0.1, -0.05) is 0 Å². The minimum atomic E-state index is -0.855. The largest absolute Gasteiger partial charge is 0.394 e. The lowest BCUT2D eigenvalue weighted by molar-refractivity contribution is 0.102. The first kappa shape index (κ1) is 8.19. The molecular weight excluding hydrogens is 122 g/mol. The first-order valence-electron chi connectivity index (χ1n) is 2.51. The van der Waals surface area contributed by atoms with Crippen LogP contribution >= 0.6 is 0 Å². The summed E-state index contributed by atoms with van der Waals surface area (Å²) in [5.41, 5.74) is 9.86. The van der Waals surface area contributed by atoms with Crippen molar-refractivity contribution in [1.82, 2.24) is 0 Å². The van der Waals surface area contributed by atoms with E-state index in [1.807, 2.05) is 0 Å². The van der Waals surface area contributed by atoms with Crippen molar-refractivity contribution < 1.29 is 10.2 Å². The molecule has 5 nitrogen and oxygen atoms in total. The van der Waals surface area contributed by atoms with Gasteiger partial charge in [0.25, 0.3) is 0 Å². The van der Waals surface area contributed by atoms with Gasteiger partial charge in [-0.25, -0.2) is 0 Å². The van der Waals surface area contributed by atoms with Gasteiger partial charge in [-0.2, -0.15) is 0 Å². The van der Waals surface area contributed by atoms with E-state index in [1.54, 1.807) is 0 Å². The second-order valence-electron chi connectivity index (χ2n) is 1.60. The van der Waals surface area contributed by atoms with E-state index in [9.17, 15) is 0 Å². The normalized spacial score (nSPS) is 12.7. The first-order valence-corrected chi connectivity index (χ1v) is 2.51. The average molecular weight is 133 g/mol. The summed E-state index contributed by atoms with van der Waals surface area (Å²) in [5, 5.41) is 16.9. The number of aliphatic imine (C=N–C) groups is 1. The van der Waals surface area contributed by atoms with Crippen LogP contribution in [0.3, 0.4) is 0 Å². The van der Waals surface area contributed by atoms with Gasteiger partial charge in [0.05, 0.1) is 19.3 Å². The summed E-state index contributed by atoms with van der Waals surface area (Å²) >= 11 is 0. The summed E-state index contributed by atoms with van der Waals surface area (Å²) < 4.78 is 0. The van der Waals surface area contributed by atoms with Crippen LogP contribution in [0.2, 0.25) is 0 Å². The topological polar surface area (TPSA) is 105 Å². The molecule has 0 radical (unpaired) electrons. The summed E-state index contributed by atoms with van der Waals surface area (Å²) in [6.07, 6.45) is -0.855. The molecule has 0 aromatic heterocycles. The summed E-state index contributed by atoms with van der Waals surface area (Å²) in [5.74, 6) is -0.0810. The number of hydrogen-bond acceptors (Lipinski definition) is 3. The standard InChI is InChI=1S/C4H11N3O2/c5-4(6)7-1-3(9)2-8/h3,8-9H,1-2H2,(H4,5,6,7)/t3-/m1/s1. The van der Waals surface area contributed by atoms with Gasteiger partial charge in [-0.05, 0) is 0 Å². The highest BCUT2D eigenvalue weighted by Gasteiger charge is 1.97. The molecule has 0 aromatic rings. The molecule has 0 fully saturated rings. The summed E-state index contributed by atoms with van der Waals surface area (Å²) in [7, 11) is 0. The molecule has 0 saturated carbocycles. The Morgan fingerprint density at radius 1 is 1.56 bits per heavy atom. The van der Waals surface area contributed by atoms with Gasteiger partial charge in [-0.3, -0.25) is 4.99 Å². The number of nitrogens with zero attached hydrogens (tertiary/aromatic N) is 1. The molecular formula is C4H11N3O2. The Hall–Kier alpha value is -0.810. The van der Waals surface area contributed by atoms with Crippen LogP contribution in [-0.4, -0.2) is 35.4 Å². The maximum Gasteiger partial charge on any atom is 0.185 e. The Bertz CT molecular complexity index is 100.0. The molecule has 1 atom stereocenters. The third kappa shape index (κ3) is 5.05. The maximum atomic E-state index is 8.64. The maximum absolute atomic E-state index is 8.64. The van der Waals surface area contributed by atoms with Crippen LogP contribution in [0.15, 0.2) is 4.99 Å². The van der Waals surface area contributed by atoms with Crippen LogP contribution in [0.5, 0.6) is 0 Å². The lowest BCUT2D eigenvalue weighted by Crippen LogP contribution is -2.26. The lowest BCUT2D eigenvalue weighted by Gasteiger charge is -2.00. The van der Waals surface area contributed by atoms with Crippen molar-refractivity contribution in [2.45, 2.75) is 6.10 Å². The van der Waals surface area contributed by atoms with Gasteiger partial charge in [-0.15, -0.1) is 0 Å². The summed E-state index contributed by atoms with van der Waals surface area (Å²) in [6.45, 7) is -0.268. The van der Waals surface area contributed by atoms with E-state index in [-0.39, 0.29) is 19.1 Å². The van der Waals surface area contributed by atoms with E-state index in [4.69, 9.17) is 21.7 Å². The lowest BCUT2D eigenvalue weighted by atomic mass is 10.4. The summed E-state index contributed by atoms with van der Waals surface area (Å²) in [4.78, 5) is 3.46. The fourth-order valence-electron chi connectivity index (χ4n) is 0.269. The fourth-order valence-corrected chi connectivity index (χ4v) is 0.269. The molecule has 6 N–H and O–H groups in total. The van der Waals surface area contributed by atoms with Gasteiger partial charge >= 0.3 is 0 Å². The highest BCUT2D eigenvalue weighted by Crippen LogP contribution is 1.79. The molecule has 0 aliphatic rings. The average Bonchev–Trinajstić information content (AvgIpc) is 1.83. The van der Waals surface area contributed by atoms with Crippen LogP contribution < -0.4 is 11.5 Å². The van der Waals surface area contributed by atoms with E-state index in [0.29, 0.717) is 0 Å². The number of aliphatic hydroxyl groups is 2. The number of guanidine groups is 1. The quantitative estimate of drug-likeness (QED) is 0.255. The van der Waals surface area contributed by atoms with Crippen LogP contribution in [0.1, 0.15) is 0 Å². The highest BCUT2D eigenvalue weighted by molar-refractivity contribution is 5.75. The molecule has 0 saturated heterocycles. The smallest absolute Gasteiger partial charge is 0.185 e. The van der Waals surface area contributed by atoms with Crippen molar-refractivity contribution in [3.05, 3.63) is 0 Å². The number of rotatable bonds is 3. The summed E-state index contributed by atoms with van der Waals surface area (Å²) in [6, 6.07) is 0. The fraction of sp³-hybridized carbons (Fsp3) is 0.750. The van der Waals surface area contributed by atoms with Crippen LogP contribution in [0.4, 0.5) is 0 Å². The van der Waals surface area contributed by atoms with Gasteiger partial charge in [0.15, 0.2) is 5.96 Å². The Labute approximate surface area is 53.0 Å². The minimum absolute atomic E-state index is 0.0544. The molecule has 0 aliphatic heterocycles. The second-order valence-corrected chi connectivity index (χ2v) is 1.60. The number of nitrogens with two attached hydrogens (primary N) is 2. The van der Waals surface area contributed by atoms with Gasteiger partial charge < -0.3 is 21.7 Å². The van der Waals surface area contributed by atoms with Crippen molar-refractivity contribution in [3.8, 4) is 0 Å². The molecule has 0 heterocycles. The van der Waals surface area contributed by atoms with Crippen LogP contribution in [0, 0.1) is 0 Å². The Balaban J connectivity index is 3.37. The molecule has 0 amide bonds. The van der Waals surface area contributed by atoms with E-state index in [2.05, 4.69) is 4.99 Å². The predicted molar refractivity (Wildman–Crippen MR) is 33.8 cm³/mol. The molecule has 0 unspecified atom stereocenters. The Morgan fingerprint density at radius 2 is 2.11 bits per heavy atom. The third-order valence-electron chi connectivity index (χ3n) is 0.695. The van der Waals surface area contributed by atoms with Crippen LogP contribution in [0.25, 0.3) is 0 Å². The number of aliphatic hydroxyl groups excluding tert-OH is 2. The van der Waals surface area contributed by atoms with Crippen molar-refractivity contribution in [1.29, 1.82) is 0 Å². The minimum Gasteiger partial charge on any atom is -0.394 e. The van der Waals surface area contributed by atoms with Gasteiger partial charge in [0.1, 0.15) is 0 Å². The molecule has 5 heteroatoms. The van der Waals surface area contributed by atoms with Crippen molar-refractivity contribution >= 4 is 5.96 Å². The third-order valence-corrected chi connectivity index (χ3v) is 0.695. The molecule has 0 bridgehead atoms. The van der Waals surface area contributed by atoms with E-state index >= 15 is 0 Å². The van der Waals surface area contributed by atoms with Crippen molar-refractivity contribution in [3.63, 3.8) is 0 Å². The van der Waals surface area contributed by atoms with Gasteiger partial charge in [0, 0.05) is 0 Å². The van der Waals surface area contributed by atoms with E-state index in [0.717, 1.165) is 0 Å². The Kier molecular flexibility index (Phi) is 3.74. The van der Waals surface area contributed by atoms with Gasteiger partial charge in [0.2, 0.25) is 0 Å². The van der Waals surface area contributed by atoms with Crippen molar-refractivity contribution in [2.24, 2.45) is 16.5 Å². The SMILES string of the molecule is NC(N)=NC[C@@H](O)CO.